The zero-order valence-electron chi connectivity index (χ0n) is 11.2. The minimum atomic E-state index is -0.326. The summed E-state index contributed by atoms with van der Waals surface area (Å²) in [5, 5.41) is 0.627. The van der Waals surface area contributed by atoms with Crippen molar-refractivity contribution >= 4 is 16.8 Å². The first-order chi connectivity index (χ1) is 9.72. The molecule has 2 aromatic rings. The van der Waals surface area contributed by atoms with Gasteiger partial charge in [0.25, 0.3) is 0 Å². The van der Waals surface area contributed by atoms with Gasteiger partial charge < -0.3 is 9.15 Å². The summed E-state index contributed by atoms with van der Waals surface area (Å²) in [6.45, 7) is 0.794. The van der Waals surface area contributed by atoms with Gasteiger partial charge in [0.1, 0.15) is 11.4 Å². The summed E-state index contributed by atoms with van der Waals surface area (Å²) < 4.78 is 24.2. The molecule has 0 radical (unpaired) electrons. The lowest BCUT2D eigenvalue weighted by atomic mass is 10.0. The van der Waals surface area contributed by atoms with E-state index in [1.807, 2.05) is 0 Å². The molecular weight excluding hydrogens is 259 g/mol. The molecule has 4 heteroatoms. The molecule has 0 amide bonds. The van der Waals surface area contributed by atoms with Crippen molar-refractivity contribution in [2.24, 2.45) is 0 Å². The van der Waals surface area contributed by atoms with Crippen LogP contribution in [0.1, 0.15) is 42.7 Å². The van der Waals surface area contributed by atoms with Crippen LogP contribution in [0.15, 0.2) is 28.7 Å². The van der Waals surface area contributed by atoms with Crippen LogP contribution in [0.3, 0.4) is 0 Å². The highest BCUT2D eigenvalue weighted by Gasteiger charge is 2.18. The van der Waals surface area contributed by atoms with Gasteiger partial charge in [0.05, 0.1) is 6.10 Å². The second-order valence-electron chi connectivity index (χ2n) is 5.24. The fraction of sp³-hybridized carbons (Fsp3) is 0.438. The van der Waals surface area contributed by atoms with Crippen LogP contribution in [-0.2, 0) is 4.74 Å². The fourth-order valence-corrected chi connectivity index (χ4v) is 2.60. The highest BCUT2D eigenvalue weighted by molar-refractivity contribution is 5.97. The first kappa shape index (κ1) is 13.3. The normalized spacial score (nSPS) is 19.4. The number of hydrogen-bond acceptors (Lipinski definition) is 3. The number of halogens is 1. The molecular formula is C16H17FO3. The number of benzene rings is 1. The van der Waals surface area contributed by atoms with Gasteiger partial charge in [0.2, 0.25) is 0 Å². The first-order valence-electron chi connectivity index (χ1n) is 7.06. The molecule has 1 aromatic carbocycles. The van der Waals surface area contributed by atoms with Crippen LogP contribution in [0, 0.1) is 5.82 Å². The number of fused-ring (bicyclic) bond motifs is 1. The molecule has 1 unspecified atom stereocenters. The van der Waals surface area contributed by atoms with Crippen LogP contribution in [0.2, 0.25) is 0 Å². The zero-order valence-corrected chi connectivity index (χ0v) is 11.2. The first-order valence-corrected chi connectivity index (χ1v) is 7.06. The molecule has 0 spiro atoms. The number of ether oxygens (including phenoxy) is 1. The fourth-order valence-electron chi connectivity index (χ4n) is 2.60. The van der Waals surface area contributed by atoms with Crippen molar-refractivity contribution in [3.63, 3.8) is 0 Å². The maximum atomic E-state index is 13.1. The minimum absolute atomic E-state index is 0.0456. The van der Waals surface area contributed by atoms with E-state index in [9.17, 15) is 9.18 Å². The van der Waals surface area contributed by atoms with Gasteiger partial charge >= 0.3 is 0 Å². The number of carbonyl (C=O) groups is 1. The zero-order chi connectivity index (χ0) is 13.9. The van der Waals surface area contributed by atoms with Crippen molar-refractivity contribution in [1.82, 2.24) is 0 Å². The Balaban J connectivity index is 1.65. The molecule has 1 aromatic heterocycles. The summed E-state index contributed by atoms with van der Waals surface area (Å²) in [6, 6.07) is 5.87. The van der Waals surface area contributed by atoms with E-state index in [2.05, 4.69) is 0 Å². The average molecular weight is 276 g/mol. The van der Waals surface area contributed by atoms with E-state index < -0.39 is 0 Å². The third kappa shape index (κ3) is 2.90. The lowest BCUT2D eigenvalue weighted by molar-refractivity contribution is 0.0103. The number of Topliss-reactive ketones (excluding diaryl/α,β-unsaturated/α-hetero) is 1. The number of furan rings is 1. The summed E-state index contributed by atoms with van der Waals surface area (Å²) >= 11 is 0. The molecule has 3 rings (SSSR count). The van der Waals surface area contributed by atoms with Crippen molar-refractivity contribution in [2.75, 3.05) is 6.61 Å². The Kier molecular flexibility index (Phi) is 3.83. The number of carbonyl (C=O) groups excluding carboxylic acids is 1. The summed E-state index contributed by atoms with van der Waals surface area (Å²) in [5.41, 5.74) is 0.545. The Labute approximate surface area is 116 Å². The maximum Gasteiger partial charge on any atom is 0.198 e. The lowest BCUT2D eigenvalue weighted by Crippen LogP contribution is -2.19. The second kappa shape index (κ2) is 5.75. The molecule has 2 heterocycles. The molecule has 1 aliphatic rings. The SMILES string of the molecule is O=C(CCC1CCCCO1)c1cc2cc(F)ccc2o1. The molecule has 0 N–H and O–H groups in total. The third-order valence-corrected chi connectivity index (χ3v) is 3.72. The average Bonchev–Trinajstić information content (AvgIpc) is 2.89. The van der Waals surface area contributed by atoms with Gasteiger partial charge in [-0.1, -0.05) is 0 Å². The Morgan fingerprint density at radius 3 is 3.00 bits per heavy atom. The summed E-state index contributed by atoms with van der Waals surface area (Å²) in [4.78, 5) is 12.1. The molecule has 1 saturated heterocycles. The molecule has 1 aliphatic heterocycles. The topological polar surface area (TPSA) is 39.4 Å². The van der Waals surface area contributed by atoms with Crippen molar-refractivity contribution in [1.29, 1.82) is 0 Å². The second-order valence-corrected chi connectivity index (χ2v) is 5.24. The van der Waals surface area contributed by atoms with E-state index in [-0.39, 0.29) is 17.7 Å². The standard InChI is InChI=1S/C16H17FO3/c17-12-4-7-15-11(9-12)10-16(20-15)14(18)6-5-13-3-1-2-8-19-13/h4,7,9-10,13H,1-3,5-6,8H2. The van der Waals surface area contributed by atoms with Gasteiger partial charge in [-0.15, -0.1) is 0 Å². The highest BCUT2D eigenvalue weighted by atomic mass is 19.1. The smallest absolute Gasteiger partial charge is 0.198 e. The van der Waals surface area contributed by atoms with Crippen molar-refractivity contribution in [3.05, 3.63) is 35.8 Å². The predicted octanol–water partition coefficient (Wildman–Crippen LogP) is 4.10. The summed E-state index contributed by atoms with van der Waals surface area (Å²) in [7, 11) is 0. The molecule has 0 saturated carbocycles. The Morgan fingerprint density at radius 1 is 1.30 bits per heavy atom. The van der Waals surface area contributed by atoms with Gasteiger partial charge in [0.15, 0.2) is 11.5 Å². The largest absolute Gasteiger partial charge is 0.453 e. The summed E-state index contributed by atoms with van der Waals surface area (Å²) in [5.74, 6) is -0.0647. The van der Waals surface area contributed by atoms with Gasteiger partial charge in [-0.2, -0.15) is 0 Å². The van der Waals surface area contributed by atoms with Crippen LogP contribution in [0.4, 0.5) is 4.39 Å². The number of rotatable bonds is 4. The van der Waals surface area contributed by atoms with Gasteiger partial charge in [-0.05, 0) is 49.9 Å². The molecule has 0 bridgehead atoms. The van der Waals surface area contributed by atoms with E-state index in [4.69, 9.17) is 9.15 Å². The Bertz CT molecular complexity index is 611. The van der Waals surface area contributed by atoms with Crippen molar-refractivity contribution in [2.45, 2.75) is 38.2 Å². The third-order valence-electron chi connectivity index (χ3n) is 3.72. The molecule has 0 aliphatic carbocycles. The van der Waals surface area contributed by atoms with Crippen LogP contribution in [0.5, 0.6) is 0 Å². The van der Waals surface area contributed by atoms with Gasteiger partial charge in [-0.3, -0.25) is 4.79 Å². The van der Waals surface area contributed by atoms with Gasteiger partial charge in [-0.25, -0.2) is 4.39 Å². The van der Waals surface area contributed by atoms with E-state index in [0.717, 1.165) is 25.9 Å². The summed E-state index contributed by atoms with van der Waals surface area (Å²) in [6.07, 6.45) is 4.63. The van der Waals surface area contributed by atoms with E-state index in [1.54, 1.807) is 12.1 Å². The van der Waals surface area contributed by atoms with Crippen molar-refractivity contribution < 1.29 is 18.3 Å². The molecule has 3 nitrogen and oxygen atoms in total. The molecule has 1 fully saturated rings. The monoisotopic (exact) mass is 276 g/mol. The van der Waals surface area contributed by atoms with Crippen molar-refractivity contribution in [3.8, 4) is 0 Å². The maximum absolute atomic E-state index is 13.1. The Morgan fingerprint density at radius 2 is 2.20 bits per heavy atom. The molecule has 1 atom stereocenters. The molecule has 106 valence electrons. The quantitative estimate of drug-likeness (QED) is 0.789. The van der Waals surface area contributed by atoms with E-state index >= 15 is 0 Å². The van der Waals surface area contributed by atoms with Crippen LogP contribution >= 0.6 is 0 Å². The van der Waals surface area contributed by atoms with E-state index in [0.29, 0.717) is 23.2 Å². The predicted molar refractivity (Wildman–Crippen MR) is 73.3 cm³/mol. The molecule has 20 heavy (non-hydrogen) atoms. The van der Waals surface area contributed by atoms with Gasteiger partial charge in [0, 0.05) is 18.4 Å². The van der Waals surface area contributed by atoms with Crippen LogP contribution in [0.25, 0.3) is 11.0 Å². The van der Waals surface area contributed by atoms with Crippen LogP contribution in [-0.4, -0.2) is 18.5 Å². The minimum Gasteiger partial charge on any atom is -0.453 e. The Hall–Kier alpha value is -1.68. The van der Waals surface area contributed by atoms with E-state index in [1.165, 1.54) is 18.6 Å². The lowest BCUT2D eigenvalue weighted by Gasteiger charge is -2.21. The number of ketones is 1. The number of hydrogen-bond donors (Lipinski definition) is 0. The van der Waals surface area contributed by atoms with Crippen LogP contribution < -0.4 is 0 Å². The highest BCUT2D eigenvalue weighted by Crippen LogP contribution is 2.23.